The van der Waals surface area contributed by atoms with Gasteiger partial charge in [-0.05, 0) is 106 Å². The van der Waals surface area contributed by atoms with Crippen molar-refractivity contribution in [1.29, 1.82) is 0 Å². The molecule has 178 valence electrons. The van der Waals surface area contributed by atoms with Crippen LogP contribution in [-0.2, 0) is 0 Å². The molecule has 35 heavy (non-hydrogen) atoms. The van der Waals surface area contributed by atoms with Gasteiger partial charge in [-0.15, -0.1) is 0 Å². The molecule has 2 aromatic carbocycles. The summed E-state index contributed by atoms with van der Waals surface area (Å²) >= 11 is 3.71. The molecule has 0 fully saturated rings. The van der Waals surface area contributed by atoms with Gasteiger partial charge in [0.05, 0.1) is 5.56 Å². The first-order valence-electron chi connectivity index (χ1n) is 9.66. The number of rotatable bonds is 4. The molecule has 4 rings (SSSR count). The average molecular weight is 702 g/mol. The molecule has 0 amide bonds. The lowest BCUT2D eigenvalue weighted by Gasteiger charge is -2.07. The van der Waals surface area contributed by atoms with E-state index in [0.717, 1.165) is 0 Å². The predicted octanol–water partition coefficient (Wildman–Crippen LogP) is 4.67. The van der Waals surface area contributed by atoms with Crippen LogP contribution >= 0.6 is 45.2 Å². The largest absolute Gasteiger partial charge is 0.477 e. The van der Waals surface area contributed by atoms with Crippen LogP contribution in [0.2, 0.25) is 0 Å². The minimum atomic E-state index is -1.28. The molecule has 0 aliphatic rings. The Bertz CT molecular complexity index is 1520. The second kappa shape index (κ2) is 11.5. The number of hydrogen-bond acceptors (Lipinski definition) is 4. The number of aromatic carboxylic acids is 1. The van der Waals surface area contributed by atoms with Crippen LogP contribution in [0.3, 0.4) is 0 Å². The monoisotopic (exact) mass is 702 g/mol. The highest BCUT2D eigenvalue weighted by molar-refractivity contribution is 14.1. The average Bonchev–Trinajstić information content (AvgIpc) is 2.81. The normalized spacial score (nSPS) is 10.3. The maximum Gasteiger partial charge on any atom is 0.342 e. The van der Waals surface area contributed by atoms with Crippen molar-refractivity contribution in [1.82, 2.24) is 9.13 Å². The van der Waals surface area contributed by atoms with Gasteiger partial charge in [-0.25, -0.2) is 13.6 Å². The van der Waals surface area contributed by atoms with Crippen LogP contribution in [0.25, 0.3) is 11.4 Å². The summed E-state index contributed by atoms with van der Waals surface area (Å²) in [7, 11) is 0. The maximum atomic E-state index is 12.8. The minimum Gasteiger partial charge on any atom is -0.477 e. The molecule has 7 nitrogen and oxygen atoms in total. The number of aldehydes is 1. The zero-order valence-corrected chi connectivity index (χ0v) is 21.8. The smallest absolute Gasteiger partial charge is 0.342 e. The second-order valence-electron chi connectivity index (χ2n) is 6.84. The van der Waals surface area contributed by atoms with Crippen molar-refractivity contribution in [3.8, 4) is 11.4 Å². The number of carboxylic acid groups (broad SMARTS) is 1. The van der Waals surface area contributed by atoms with Crippen LogP contribution in [0.15, 0.2) is 82.6 Å². The molecule has 0 aliphatic heterocycles. The summed E-state index contributed by atoms with van der Waals surface area (Å²) in [5, 5.41) is 8.98. The number of carbonyl (C=O) groups excluding carboxylic acids is 1. The third kappa shape index (κ3) is 6.08. The number of hydrogen-bond donors (Lipinski definition) is 1. The van der Waals surface area contributed by atoms with Gasteiger partial charge in [-0.1, -0.05) is 0 Å². The van der Waals surface area contributed by atoms with E-state index in [9.17, 15) is 28.0 Å². The summed E-state index contributed by atoms with van der Waals surface area (Å²) in [6.07, 6.45) is 3.55. The van der Waals surface area contributed by atoms with E-state index in [1.54, 1.807) is 34.9 Å². The molecule has 0 saturated carbocycles. The van der Waals surface area contributed by atoms with E-state index in [1.165, 1.54) is 69.9 Å². The van der Waals surface area contributed by atoms with E-state index < -0.39 is 22.9 Å². The highest BCUT2D eigenvalue weighted by Crippen LogP contribution is 2.12. The molecular formula is C24H14F2I2N2O5. The highest BCUT2D eigenvalue weighted by Gasteiger charge is 2.16. The standard InChI is InChI=1S/C12H7FINO3.C12H7FINO2/c13-7-1-3-8(4-2-7)15-6-5-9(14)10(11(15)16)12(17)18;13-8-1-3-9(4-2-8)15-6-5-11(14)10(7-16)12(15)17/h1-6H,(H,17,18);1-7H. The number of pyridine rings is 2. The molecule has 2 aromatic heterocycles. The van der Waals surface area contributed by atoms with Crippen molar-refractivity contribution >= 4 is 57.4 Å². The third-order valence-electron chi connectivity index (χ3n) is 4.66. The lowest BCUT2D eigenvalue weighted by atomic mass is 10.2. The van der Waals surface area contributed by atoms with E-state index in [1.807, 2.05) is 22.6 Å². The van der Waals surface area contributed by atoms with Gasteiger partial charge in [0, 0.05) is 30.9 Å². The van der Waals surface area contributed by atoms with Gasteiger partial charge < -0.3 is 5.11 Å². The number of carbonyl (C=O) groups is 2. The zero-order valence-electron chi connectivity index (χ0n) is 17.5. The molecule has 4 aromatic rings. The van der Waals surface area contributed by atoms with Crippen molar-refractivity contribution < 1.29 is 23.5 Å². The summed E-state index contributed by atoms with van der Waals surface area (Å²) in [5.41, 5.74) is -0.282. The van der Waals surface area contributed by atoms with E-state index in [0.29, 0.717) is 24.8 Å². The molecule has 1 N–H and O–H groups in total. The SMILES string of the molecule is O=C(O)c1c(I)ccn(-c2ccc(F)cc2)c1=O.O=Cc1c(I)ccn(-c2ccc(F)cc2)c1=O. The number of benzene rings is 2. The Labute approximate surface area is 223 Å². The van der Waals surface area contributed by atoms with Gasteiger partial charge in [0.1, 0.15) is 17.2 Å². The Kier molecular flexibility index (Phi) is 8.67. The van der Waals surface area contributed by atoms with E-state index in [4.69, 9.17) is 5.11 Å². The van der Waals surface area contributed by atoms with E-state index in [-0.39, 0.29) is 16.9 Å². The first-order chi connectivity index (χ1) is 16.6. The predicted molar refractivity (Wildman–Crippen MR) is 142 cm³/mol. The Balaban J connectivity index is 0.000000196. The Morgan fingerprint density at radius 3 is 1.60 bits per heavy atom. The van der Waals surface area contributed by atoms with E-state index >= 15 is 0 Å². The van der Waals surface area contributed by atoms with Gasteiger partial charge in [-0.3, -0.25) is 23.5 Å². The van der Waals surface area contributed by atoms with Crippen molar-refractivity contribution in [2.75, 3.05) is 0 Å². The number of halogens is 4. The van der Waals surface area contributed by atoms with E-state index in [2.05, 4.69) is 0 Å². The molecule has 0 atom stereocenters. The quantitative estimate of drug-likeness (QED) is 0.247. The van der Waals surface area contributed by atoms with Gasteiger partial charge in [0.15, 0.2) is 6.29 Å². The van der Waals surface area contributed by atoms with Gasteiger partial charge in [-0.2, -0.15) is 0 Å². The Morgan fingerprint density at radius 1 is 0.743 bits per heavy atom. The summed E-state index contributed by atoms with van der Waals surface area (Å²) < 4.78 is 29.0. The first kappa shape index (κ1) is 26.4. The van der Waals surface area contributed by atoms with Crippen molar-refractivity contribution in [2.45, 2.75) is 0 Å². The summed E-state index contributed by atoms with van der Waals surface area (Å²) in [6, 6.07) is 13.9. The molecule has 2 heterocycles. The van der Waals surface area contributed by atoms with Crippen LogP contribution in [-0.4, -0.2) is 26.5 Å². The number of aromatic nitrogens is 2. The van der Waals surface area contributed by atoms with Gasteiger partial charge in [0.2, 0.25) is 0 Å². The second-order valence-corrected chi connectivity index (χ2v) is 9.17. The highest BCUT2D eigenvalue weighted by atomic mass is 127. The Hall–Kier alpha value is -3.20. The molecule has 0 unspecified atom stereocenters. The van der Waals surface area contributed by atoms with Crippen LogP contribution in [0.1, 0.15) is 20.7 Å². The molecule has 0 aliphatic carbocycles. The minimum absolute atomic E-state index is 0.109. The van der Waals surface area contributed by atoms with Crippen LogP contribution < -0.4 is 11.1 Å². The lowest BCUT2D eigenvalue weighted by molar-refractivity contribution is 0.0693. The molecule has 0 radical (unpaired) electrons. The van der Waals surface area contributed by atoms with Crippen LogP contribution in [0, 0.1) is 18.8 Å². The molecule has 0 saturated heterocycles. The van der Waals surface area contributed by atoms with Gasteiger partial charge in [0.25, 0.3) is 11.1 Å². The fraction of sp³-hybridized carbons (Fsp3) is 0. The third-order valence-corrected chi connectivity index (χ3v) is 6.50. The summed E-state index contributed by atoms with van der Waals surface area (Å²) in [6.45, 7) is 0. The van der Waals surface area contributed by atoms with Crippen LogP contribution in [0.5, 0.6) is 0 Å². The number of carboxylic acids is 1. The first-order valence-corrected chi connectivity index (χ1v) is 11.8. The molecule has 0 bridgehead atoms. The topological polar surface area (TPSA) is 98.4 Å². The maximum absolute atomic E-state index is 12.8. The zero-order chi connectivity index (χ0) is 25.7. The fourth-order valence-electron chi connectivity index (χ4n) is 2.95. The molecule has 0 spiro atoms. The summed E-state index contributed by atoms with van der Waals surface area (Å²) in [4.78, 5) is 45.7. The van der Waals surface area contributed by atoms with Gasteiger partial charge >= 0.3 is 5.97 Å². The van der Waals surface area contributed by atoms with Crippen LogP contribution in [0.4, 0.5) is 8.78 Å². The van der Waals surface area contributed by atoms with Crippen molar-refractivity contribution in [3.63, 3.8) is 0 Å². The summed E-state index contributed by atoms with van der Waals surface area (Å²) in [5.74, 6) is -2.07. The number of nitrogens with zero attached hydrogens (tertiary/aromatic N) is 2. The Morgan fingerprint density at radius 2 is 1.17 bits per heavy atom. The fourth-order valence-corrected chi connectivity index (χ4v) is 4.09. The lowest BCUT2D eigenvalue weighted by Crippen LogP contribution is -2.26. The van der Waals surface area contributed by atoms with Crippen molar-refractivity contribution in [2.24, 2.45) is 0 Å². The molecule has 11 heteroatoms. The molecular weight excluding hydrogens is 688 g/mol. The van der Waals surface area contributed by atoms with Crippen molar-refractivity contribution in [3.05, 3.63) is 124 Å².